The predicted octanol–water partition coefficient (Wildman–Crippen LogP) is 4.15. The molecule has 5 nitrogen and oxygen atoms in total. The fourth-order valence-electron chi connectivity index (χ4n) is 3.95. The lowest BCUT2D eigenvalue weighted by atomic mass is 10.1. The summed E-state index contributed by atoms with van der Waals surface area (Å²) < 4.78 is 5.76. The molecule has 0 saturated carbocycles. The van der Waals surface area contributed by atoms with Gasteiger partial charge in [-0.25, -0.2) is 0 Å². The third-order valence-corrected chi connectivity index (χ3v) is 5.36. The van der Waals surface area contributed by atoms with E-state index in [0.717, 1.165) is 33.0 Å². The van der Waals surface area contributed by atoms with Gasteiger partial charge < -0.3 is 10.1 Å². The van der Waals surface area contributed by atoms with Gasteiger partial charge in [0.05, 0.1) is 12.2 Å². The van der Waals surface area contributed by atoms with Crippen molar-refractivity contribution in [3.05, 3.63) is 84.4 Å². The minimum atomic E-state index is -0.213. The van der Waals surface area contributed by atoms with Crippen LogP contribution in [-0.2, 0) is 4.79 Å². The van der Waals surface area contributed by atoms with Crippen molar-refractivity contribution < 1.29 is 14.3 Å². The molecule has 0 bridgehead atoms. The summed E-state index contributed by atoms with van der Waals surface area (Å²) >= 11 is 0. The highest BCUT2D eigenvalue weighted by molar-refractivity contribution is 6.26. The Morgan fingerprint density at radius 3 is 2.50 bits per heavy atom. The summed E-state index contributed by atoms with van der Waals surface area (Å²) in [6.45, 7) is 0.710. The van der Waals surface area contributed by atoms with Crippen molar-refractivity contribution in [2.45, 2.75) is 0 Å². The molecule has 2 amide bonds. The van der Waals surface area contributed by atoms with E-state index in [0.29, 0.717) is 18.7 Å². The molecule has 0 radical (unpaired) electrons. The molecule has 1 aliphatic heterocycles. The number of fused-ring (bicyclic) bond motifs is 1. The van der Waals surface area contributed by atoms with E-state index in [1.165, 1.54) is 4.90 Å². The van der Waals surface area contributed by atoms with Crippen molar-refractivity contribution in [3.8, 4) is 5.75 Å². The second-order valence-electron chi connectivity index (χ2n) is 7.28. The van der Waals surface area contributed by atoms with E-state index in [9.17, 15) is 9.59 Å². The van der Waals surface area contributed by atoms with Crippen LogP contribution in [-0.4, -0.2) is 31.5 Å². The molecule has 1 N–H and O–H groups in total. The number of hydrogen-bond acceptors (Lipinski definition) is 3. The Kier molecular flexibility index (Phi) is 4.56. The lowest BCUT2D eigenvalue weighted by Crippen LogP contribution is -2.40. The molecule has 5 heteroatoms. The van der Waals surface area contributed by atoms with Crippen LogP contribution in [0.25, 0.3) is 21.5 Å². The van der Waals surface area contributed by atoms with Gasteiger partial charge in [0.25, 0.3) is 5.91 Å². The van der Waals surface area contributed by atoms with Gasteiger partial charge in [-0.15, -0.1) is 0 Å². The molecule has 148 valence electrons. The number of amides is 2. The predicted molar refractivity (Wildman–Crippen MR) is 118 cm³/mol. The Labute approximate surface area is 173 Å². The quantitative estimate of drug-likeness (QED) is 0.498. The van der Waals surface area contributed by atoms with Gasteiger partial charge in [0, 0.05) is 10.9 Å². The molecule has 0 atom stereocenters. The zero-order chi connectivity index (χ0) is 20.5. The molecule has 4 aromatic rings. The molecule has 0 unspecified atom stereocenters. The minimum Gasteiger partial charge on any atom is -0.492 e. The van der Waals surface area contributed by atoms with Gasteiger partial charge >= 0.3 is 0 Å². The highest BCUT2D eigenvalue weighted by Gasteiger charge is 2.30. The van der Waals surface area contributed by atoms with Crippen LogP contribution < -0.4 is 15.0 Å². The Hall–Kier alpha value is -3.86. The number of ether oxygens (including phenoxy) is 1. The number of carbonyl (C=O) groups is 2. The van der Waals surface area contributed by atoms with Gasteiger partial charge in [-0.1, -0.05) is 54.6 Å². The molecular weight excluding hydrogens is 376 g/mol. The highest BCUT2D eigenvalue weighted by Crippen LogP contribution is 2.36. The molecule has 0 aliphatic carbocycles. The largest absolute Gasteiger partial charge is 0.492 e. The second-order valence-corrected chi connectivity index (χ2v) is 7.28. The molecule has 0 saturated heterocycles. The number of rotatable bonds is 6. The van der Waals surface area contributed by atoms with Crippen molar-refractivity contribution in [1.29, 1.82) is 0 Å². The molecule has 30 heavy (non-hydrogen) atoms. The topological polar surface area (TPSA) is 58.6 Å². The van der Waals surface area contributed by atoms with Gasteiger partial charge in [-0.05, 0) is 40.4 Å². The first-order chi connectivity index (χ1) is 14.7. The van der Waals surface area contributed by atoms with Crippen LogP contribution in [0.15, 0.2) is 78.9 Å². The summed E-state index contributed by atoms with van der Waals surface area (Å²) in [4.78, 5) is 26.7. The average Bonchev–Trinajstić information content (AvgIpc) is 3.05. The molecule has 0 aromatic heterocycles. The standard InChI is InChI=1S/C25H20N2O3/c28-23(26-13-14-30-20-12-11-17-5-1-2-6-19(17)15-20)16-27-22-10-4-8-18-7-3-9-21(24(18)22)25(27)29/h1-12,15H,13-14,16H2,(H,26,28). The van der Waals surface area contributed by atoms with Gasteiger partial charge in [0.1, 0.15) is 18.9 Å². The number of nitrogens with zero attached hydrogens (tertiary/aromatic N) is 1. The maximum atomic E-state index is 12.8. The summed E-state index contributed by atoms with van der Waals surface area (Å²) in [6, 6.07) is 25.4. The number of carbonyl (C=O) groups excluding carboxylic acids is 2. The SMILES string of the molecule is O=C(CN1C(=O)c2cccc3cccc1c23)NCCOc1ccc2ccccc2c1. The van der Waals surface area contributed by atoms with Gasteiger partial charge in [-0.2, -0.15) is 0 Å². The van der Waals surface area contributed by atoms with Crippen LogP contribution in [0, 0.1) is 0 Å². The second kappa shape index (κ2) is 7.52. The molecule has 0 spiro atoms. The van der Waals surface area contributed by atoms with E-state index in [-0.39, 0.29) is 18.4 Å². The minimum absolute atomic E-state index is 0.0113. The maximum absolute atomic E-state index is 12.8. The summed E-state index contributed by atoms with van der Waals surface area (Å²) in [7, 11) is 0. The average molecular weight is 396 g/mol. The van der Waals surface area contributed by atoms with Crippen LogP contribution in [0.5, 0.6) is 5.75 Å². The normalized spacial score (nSPS) is 12.5. The lowest BCUT2D eigenvalue weighted by molar-refractivity contribution is -0.119. The molecule has 4 aromatic carbocycles. The summed E-state index contributed by atoms with van der Waals surface area (Å²) in [5.41, 5.74) is 1.44. The highest BCUT2D eigenvalue weighted by atomic mass is 16.5. The van der Waals surface area contributed by atoms with Crippen molar-refractivity contribution in [2.75, 3.05) is 24.6 Å². The lowest BCUT2D eigenvalue weighted by Gasteiger charge is -2.17. The Bertz CT molecular complexity index is 1280. The number of anilines is 1. The van der Waals surface area contributed by atoms with Crippen LogP contribution in [0.2, 0.25) is 0 Å². The van der Waals surface area contributed by atoms with Crippen LogP contribution in [0.1, 0.15) is 10.4 Å². The Balaban J connectivity index is 1.18. The number of nitrogens with one attached hydrogen (secondary N) is 1. The Morgan fingerprint density at radius 1 is 0.867 bits per heavy atom. The summed E-state index contributed by atoms with van der Waals surface area (Å²) in [6.07, 6.45) is 0. The Morgan fingerprint density at radius 2 is 1.63 bits per heavy atom. The first kappa shape index (κ1) is 18.2. The van der Waals surface area contributed by atoms with Gasteiger partial charge in [0.2, 0.25) is 5.91 Å². The van der Waals surface area contributed by atoms with E-state index >= 15 is 0 Å². The van der Waals surface area contributed by atoms with E-state index in [4.69, 9.17) is 4.74 Å². The molecule has 0 fully saturated rings. The first-order valence-corrected chi connectivity index (χ1v) is 9.93. The monoisotopic (exact) mass is 396 g/mol. The third-order valence-electron chi connectivity index (χ3n) is 5.36. The van der Waals surface area contributed by atoms with Crippen molar-refractivity contribution in [2.24, 2.45) is 0 Å². The summed E-state index contributed by atoms with van der Waals surface area (Å²) in [5.74, 6) is 0.416. The fourth-order valence-corrected chi connectivity index (χ4v) is 3.95. The van der Waals surface area contributed by atoms with Gasteiger partial charge in [-0.3, -0.25) is 14.5 Å². The van der Waals surface area contributed by atoms with Crippen molar-refractivity contribution >= 4 is 39.0 Å². The van der Waals surface area contributed by atoms with E-state index in [1.54, 1.807) is 0 Å². The van der Waals surface area contributed by atoms with E-state index < -0.39 is 0 Å². The zero-order valence-corrected chi connectivity index (χ0v) is 16.3. The first-order valence-electron chi connectivity index (χ1n) is 9.93. The molecule has 1 heterocycles. The van der Waals surface area contributed by atoms with Crippen LogP contribution >= 0.6 is 0 Å². The van der Waals surface area contributed by atoms with Gasteiger partial charge in [0.15, 0.2) is 0 Å². The van der Waals surface area contributed by atoms with Crippen LogP contribution in [0.3, 0.4) is 0 Å². The van der Waals surface area contributed by atoms with Crippen LogP contribution in [0.4, 0.5) is 5.69 Å². The third kappa shape index (κ3) is 3.24. The number of benzene rings is 4. The van der Waals surface area contributed by atoms with E-state index in [1.807, 2.05) is 72.8 Å². The van der Waals surface area contributed by atoms with E-state index in [2.05, 4.69) is 11.4 Å². The molecular formula is C25H20N2O3. The fraction of sp³-hybridized carbons (Fsp3) is 0.120. The molecule has 5 rings (SSSR count). The smallest absolute Gasteiger partial charge is 0.259 e. The summed E-state index contributed by atoms with van der Waals surface area (Å²) in [5, 5.41) is 7.03. The maximum Gasteiger partial charge on any atom is 0.259 e. The number of hydrogen-bond donors (Lipinski definition) is 1. The molecule has 1 aliphatic rings. The van der Waals surface area contributed by atoms with Crippen molar-refractivity contribution in [3.63, 3.8) is 0 Å². The van der Waals surface area contributed by atoms with Crippen molar-refractivity contribution in [1.82, 2.24) is 5.32 Å². The zero-order valence-electron chi connectivity index (χ0n) is 16.3.